The fraction of sp³-hybridized carbons (Fsp3) is 0.136. The molecule has 26 heavy (non-hydrogen) atoms. The van der Waals surface area contributed by atoms with Crippen molar-refractivity contribution in [3.8, 4) is 0 Å². The summed E-state index contributed by atoms with van der Waals surface area (Å²) in [6, 6.07) is 22.1. The number of Topliss-reactive ketones (excluding diaryl/α,β-unsaturated/α-hetero) is 1. The van der Waals surface area contributed by atoms with E-state index in [0.717, 1.165) is 22.0 Å². The van der Waals surface area contributed by atoms with Crippen LogP contribution in [-0.2, 0) is 0 Å². The SMILES string of the molecule is C[C@@H]([NH2+][C@@H](C(=O)c1c[nH]c2ccccc12)c1ccccc1)c1cccs1. The fourth-order valence-corrected chi connectivity index (χ4v) is 4.15. The van der Waals surface area contributed by atoms with Crippen LogP contribution < -0.4 is 5.32 Å². The highest BCUT2D eigenvalue weighted by atomic mass is 32.1. The molecular weight excluding hydrogens is 340 g/mol. The first-order valence-electron chi connectivity index (χ1n) is 8.77. The highest BCUT2D eigenvalue weighted by Crippen LogP contribution is 2.24. The van der Waals surface area contributed by atoms with Crippen molar-refractivity contribution in [2.24, 2.45) is 0 Å². The second-order valence-corrected chi connectivity index (χ2v) is 7.48. The lowest BCUT2D eigenvalue weighted by atomic mass is 9.96. The van der Waals surface area contributed by atoms with Gasteiger partial charge in [0.1, 0.15) is 6.04 Å². The Morgan fingerprint density at radius 3 is 2.54 bits per heavy atom. The minimum absolute atomic E-state index is 0.136. The fourth-order valence-electron chi connectivity index (χ4n) is 3.39. The Morgan fingerprint density at radius 2 is 1.77 bits per heavy atom. The quantitative estimate of drug-likeness (QED) is 0.489. The summed E-state index contributed by atoms with van der Waals surface area (Å²) >= 11 is 1.73. The number of nitrogens with two attached hydrogens (primary N) is 1. The van der Waals surface area contributed by atoms with Crippen molar-refractivity contribution in [1.82, 2.24) is 4.98 Å². The van der Waals surface area contributed by atoms with Crippen LogP contribution in [0.3, 0.4) is 0 Å². The molecule has 0 amide bonds. The molecule has 0 spiro atoms. The molecule has 0 fully saturated rings. The number of quaternary nitrogens is 1. The predicted molar refractivity (Wildman–Crippen MR) is 106 cm³/mol. The Labute approximate surface area is 156 Å². The van der Waals surface area contributed by atoms with Crippen LogP contribution in [0.1, 0.15) is 39.8 Å². The van der Waals surface area contributed by atoms with Crippen molar-refractivity contribution in [2.45, 2.75) is 19.0 Å². The first-order valence-corrected chi connectivity index (χ1v) is 9.65. The molecule has 0 unspecified atom stereocenters. The second kappa shape index (κ2) is 7.28. The number of thiophene rings is 1. The van der Waals surface area contributed by atoms with E-state index in [1.54, 1.807) is 11.3 Å². The number of nitrogens with one attached hydrogen (secondary N) is 1. The van der Waals surface area contributed by atoms with Crippen molar-refractivity contribution in [1.29, 1.82) is 0 Å². The molecular formula is C22H21N2OS+. The molecule has 0 bridgehead atoms. The van der Waals surface area contributed by atoms with Crippen molar-refractivity contribution in [3.63, 3.8) is 0 Å². The van der Waals surface area contributed by atoms with Gasteiger partial charge in [-0.1, -0.05) is 54.6 Å². The number of ketones is 1. The van der Waals surface area contributed by atoms with Gasteiger partial charge in [-0.25, -0.2) is 0 Å². The highest BCUT2D eigenvalue weighted by molar-refractivity contribution is 7.10. The van der Waals surface area contributed by atoms with E-state index < -0.39 is 0 Å². The third kappa shape index (κ3) is 3.21. The third-order valence-electron chi connectivity index (χ3n) is 4.77. The number of hydrogen-bond acceptors (Lipinski definition) is 2. The number of para-hydroxylation sites is 1. The number of aromatic nitrogens is 1. The van der Waals surface area contributed by atoms with E-state index in [9.17, 15) is 4.79 Å². The maximum absolute atomic E-state index is 13.5. The molecule has 3 nitrogen and oxygen atoms in total. The molecule has 4 rings (SSSR count). The molecule has 4 heteroatoms. The molecule has 2 heterocycles. The highest BCUT2D eigenvalue weighted by Gasteiger charge is 2.29. The Hall–Kier alpha value is -2.69. The Kier molecular flexibility index (Phi) is 4.69. The van der Waals surface area contributed by atoms with Gasteiger partial charge < -0.3 is 10.3 Å². The topological polar surface area (TPSA) is 49.5 Å². The molecule has 0 aliphatic rings. The zero-order valence-electron chi connectivity index (χ0n) is 14.6. The zero-order chi connectivity index (χ0) is 17.9. The van der Waals surface area contributed by atoms with Crippen LogP contribution in [0, 0.1) is 0 Å². The summed E-state index contributed by atoms with van der Waals surface area (Å²) in [4.78, 5) is 18.0. The molecule has 0 aliphatic carbocycles. The summed E-state index contributed by atoms with van der Waals surface area (Å²) in [5.74, 6) is 0.136. The minimum atomic E-state index is -0.271. The average Bonchev–Trinajstić information content (AvgIpc) is 3.36. The average molecular weight is 361 g/mol. The molecule has 0 saturated carbocycles. The van der Waals surface area contributed by atoms with E-state index >= 15 is 0 Å². The summed E-state index contributed by atoms with van der Waals surface area (Å²) in [6.45, 7) is 2.16. The number of H-pyrrole nitrogens is 1. The normalized spacial score (nSPS) is 13.6. The van der Waals surface area contributed by atoms with Gasteiger partial charge in [0.05, 0.1) is 4.88 Å². The molecule has 130 valence electrons. The van der Waals surface area contributed by atoms with Gasteiger partial charge >= 0.3 is 0 Å². The summed E-state index contributed by atoms with van der Waals surface area (Å²) < 4.78 is 0. The van der Waals surface area contributed by atoms with Gasteiger partial charge in [-0.3, -0.25) is 4.79 Å². The van der Waals surface area contributed by atoms with Crippen LogP contribution in [0.2, 0.25) is 0 Å². The lowest BCUT2D eigenvalue weighted by Crippen LogP contribution is -2.87. The molecule has 4 aromatic rings. The van der Waals surface area contributed by atoms with E-state index in [4.69, 9.17) is 0 Å². The van der Waals surface area contributed by atoms with Gasteiger partial charge in [0.15, 0.2) is 6.04 Å². The minimum Gasteiger partial charge on any atom is -0.360 e. The second-order valence-electron chi connectivity index (χ2n) is 6.50. The number of rotatable bonds is 6. The van der Waals surface area contributed by atoms with Crippen molar-refractivity contribution in [3.05, 3.63) is 94.3 Å². The molecule has 3 N–H and O–H groups in total. The maximum Gasteiger partial charge on any atom is 0.226 e. The van der Waals surface area contributed by atoms with Gasteiger partial charge in [0.2, 0.25) is 5.78 Å². The standard InChI is InChI=1S/C22H20N2OS/c1-15(20-12-7-13-26-20)24-21(16-8-3-2-4-9-16)22(25)18-14-23-19-11-6-5-10-17(18)19/h2-15,21,23-24H,1H3/p+1/t15-,21-/m1/s1. The summed E-state index contributed by atoms with van der Waals surface area (Å²) in [5, 5.41) is 5.24. The maximum atomic E-state index is 13.5. The van der Waals surface area contributed by atoms with E-state index in [-0.39, 0.29) is 17.9 Å². The lowest BCUT2D eigenvalue weighted by Gasteiger charge is -2.19. The van der Waals surface area contributed by atoms with Gasteiger partial charge in [0, 0.05) is 28.2 Å². The van der Waals surface area contributed by atoms with E-state index in [2.05, 4.69) is 34.7 Å². The molecule has 2 aromatic heterocycles. The van der Waals surface area contributed by atoms with Crippen molar-refractivity contribution in [2.75, 3.05) is 0 Å². The first-order chi connectivity index (χ1) is 12.7. The molecule has 0 aliphatic heterocycles. The van der Waals surface area contributed by atoms with Crippen LogP contribution in [0.15, 0.2) is 78.3 Å². The largest absolute Gasteiger partial charge is 0.360 e. The number of aromatic amines is 1. The summed E-state index contributed by atoms with van der Waals surface area (Å²) in [5.41, 5.74) is 2.78. The first kappa shape index (κ1) is 16.8. The lowest BCUT2D eigenvalue weighted by molar-refractivity contribution is -0.717. The van der Waals surface area contributed by atoms with Crippen LogP contribution in [-0.4, -0.2) is 10.8 Å². The van der Waals surface area contributed by atoms with Crippen LogP contribution in [0.5, 0.6) is 0 Å². The number of benzene rings is 2. The number of carbonyl (C=O) groups excluding carboxylic acids is 1. The number of hydrogen-bond donors (Lipinski definition) is 2. The van der Waals surface area contributed by atoms with Crippen LogP contribution in [0.25, 0.3) is 10.9 Å². The van der Waals surface area contributed by atoms with Crippen molar-refractivity contribution < 1.29 is 10.1 Å². The third-order valence-corrected chi connectivity index (χ3v) is 5.84. The van der Waals surface area contributed by atoms with Crippen LogP contribution >= 0.6 is 11.3 Å². The summed E-state index contributed by atoms with van der Waals surface area (Å²) in [6.07, 6.45) is 1.84. The van der Waals surface area contributed by atoms with Crippen molar-refractivity contribution >= 4 is 28.0 Å². The monoisotopic (exact) mass is 361 g/mol. The molecule has 0 radical (unpaired) electrons. The van der Waals surface area contributed by atoms with E-state index in [1.165, 1.54) is 4.88 Å². The summed E-state index contributed by atoms with van der Waals surface area (Å²) in [7, 11) is 0. The van der Waals surface area contributed by atoms with Gasteiger partial charge in [-0.05, 0) is 24.4 Å². The van der Waals surface area contributed by atoms with E-state index in [1.807, 2.05) is 60.8 Å². The van der Waals surface area contributed by atoms with Gasteiger partial charge in [-0.15, -0.1) is 11.3 Å². The molecule has 2 atom stereocenters. The smallest absolute Gasteiger partial charge is 0.226 e. The Bertz CT molecular complexity index is 1010. The number of fused-ring (bicyclic) bond motifs is 1. The van der Waals surface area contributed by atoms with E-state index in [0.29, 0.717) is 0 Å². The van der Waals surface area contributed by atoms with Gasteiger partial charge in [0.25, 0.3) is 0 Å². The predicted octanol–water partition coefficient (Wildman–Crippen LogP) is 4.48. The Balaban J connectivity index is 1.71. The van der Waals surface area contributed by atoms with Crippen LogP contribution in [0.4, 0.5) is 0 Å². The number of carbonyl (C=O) groups is 1. The zero-order valence-corrected chi connectivity index (χ0v) is 15.4. The van der Waals surface area contributed by atoms with Gasteiger partial charge in [-0.2, -0.15) is 0 Å². The Morgan fingerprint density at radius 1 is 1.00 bits per heavy atom. The molecule has 2 aromatic carbocycles. The molecule has 0 saturated heterocycles.